The molecular weight excluding hydrogens is 530 g/mol. The van der Waals surface area contributed by atoms with Gasteiger partial charge >= 0.3 is 0 Å². The lowest BCUT2D eigenvalue weighted by Gasteiger charge is -2.39. The summed E-state index contributed by atoms with van der Waals surface area (Å²) in [5, 5.41) is 20.5. The number of benzene rings is 1. The summed E-state index contributed by atoms with van der Waals surface area (Å²) in [5.74, 6) is -0.548. The van der Waals surface area contributed by atoms with Crippen molar-refractivity contribution in [1.82, 2.24) is 25.9 Å². The summed E-state index contributed by atoms with van der Waals surface area (Å²) in [5.41, 5.74) is 9.61. The molecule has 1 saturated carbocycles. The Labute approximate surface area is 238 Å². The third kappa shape index (κ3) is 4.92. The Morgan fingerprint density at radius 2 is 2.08 bits per heavy atom. The highest BCUT2D eigenvalue weighted by molar-refractivity contribution is 6.36. The molecule has 0 spiro atoms. The van der Waals surface area contributed by atoms with Crippen LogP contribution in [0.5, 0.6) is 0 Å². The number of fused-ring (bicyclic) bond motifs is 1. The highest BCUT2D eigenvalue weighted by atomic mass is 35.5. The van der Waals surface area contributed by atoms with Crippen molar-refractivity contribution in [2.24, 2.45) is 5.41 Å². The van der Waals surface area contributed by atoms with Gasteiger partial charge in [-0.15, -0.1) is 5.53 Å². The first kappa shape index (κ1) is 26.6. The maximum Gasteiger partial charge on any atom is 0.212 e. The predicted molar refractivity (Wildman–Crippen MR) is 155 cm³/mol. The molecule has 12 heteroatoms. The van der Waals surface area contributed by atoms with Crippen molar-refractivity contribution in [2.45, 2.75) is 50.6 Å². The van der Waals surface area contributed by atoms with Gasteiger partial charge in [0.15, 0.2) is 0 Å². The maximum atomic E-state index is 13.8. The maximum absolute atomic E-state index is 13.8. The molecule has 6 rings (SSSR count). The van der Waals surface area contributed by atoms with Gasteiger partial charge in [-0.2, -0.15) is 9.65 Å². The van der Waals surface area contributed by atoms with Crippen LogP contribution in [0.3, 0.4) is 0 Å². The van der Waals surface area contributed by atoms with Gasteiger partial charge in [0.05, 0.1) is 39.5 Å². The van der Waals surface area contributed by atoms with Gasteiger partial charge in [-0.1, -0.05) is 31.5 Å². The number of anilines is 2. The number of rotatable bonds is 7. The summed E-state index contributed by atoms with van der Waals surface area (Å²) in [6, 6.07) is 9.68. The largest absolute Gasteiger partial charge is 0.381 e. The quantitative estimate of drug-likeness (QED) is 0.254. The average molecular weight is 561 g/mol. The number of nitrogens with one attached hydrogen (secondary N) is 4. The van der Waals surface area contributed by atoms with Crippen LogP contribution in [-0.2, 0) is 10.2 Å². The third-order valence-electron chi connectivity index (χ3n) is 8.10. The Morgan fingerprint density at radius 1 is 1.25 bits per heavy atom. The summed E-state index contributed by atoms with van der Waals surface area (Å²) in [4.78, 5) is 8.44. The van der Waals surface area contributed by atoms with E-state index in [0.29, 0.717) is 46.7 Å². The van der Waals surface area contributed by atoms with Crippen LogP contribution in [0, 0.1) is 22.7 Å². The molecule has 2 unspecified atom stereocenters. The molecule has 0 radical (unpaired) electrons. The number of hydrazine groups is 2. The van der Waals surface area contributed by atoms with Crippen molar-refractivity contribution >= 4 is 41.7 Å². The minimum atomic E-state index is -0.828. The van der Waals surface area contributed by atoms with E-state index in [1.807, 2.05) is 26.2 Å². The molecule has 2 aromatic heterocycles. The van der Waals surface area contributed by atoms with Gasteiger partial charge in [-0.25, -0.2) is 4.98 Å². The lowest BCUT2D eigenvalue weighted by molar-refractivity contribution is 0.00350. The Morgan fingerprint density at radius 3 is 2.77 bits per heavy atom. The predicted octanol–water partition coefficient (Wildman–Crippen LogP) is 3.75. The average Bonchev–Trinajstić information content (AvgIpc) is 3.65. The van der Waals surface area contributed by atoms with Gasteiger partial charge in [0, 0.05) is 53.8 Å². The van der Waals surface area contributed by atoms with E-state index in [2.05, 4.69) is 56.5 Å². The topological polar surface area (TPSA) is 110 Å². The summed E-state index contributed by atoms with van der Waals surface area (Å²) in [6.45, 7) is 5.59. The van der Waals surface area contributed by atoms with E-state index in [9.17, 15) is 9.65 Å². The van der Waals surface area contributed by atoms with Crippen molar-refractivity contribution < 1.29 is 9.13 Å². The first-order valence-electron chi connectivity index (χ1n) is 13.5. The second-order valence-electron chi connectivity index (χ2n) is 11.6. The fraction of sp³-hybridized carbons (Fsp3) is 0.393. The number of nitriles is 1. The molecule has 2 atom stereocenters. The second kappa shape index (κ2) is 10.1. The van der Waals surface area contributed by atoms with Crippen LogP contribution in [0.25, 0.3) is 10.9 Å². The van der Waals surface area contributed by atoms with Crippen LogP contribution in [0.1, 0.15) is 44.2 Å². The highest BCUT2D eigenvalue weighted by Crippen LogP contribution is 2.39. The molecule has 40 heavy (non-hydrogen) atoms. The van der Waals surface area contributed by atoms with Gasteiger partial charge < -0.3 is 20.8 Å². The molecule has 1 saturated heterocycles. The van der Waals surface area contributed by atoms with E-state index in [-0.39, 0.29) is 11.5 Å². The Balaban J connectivity index is 1.43. The molecule has 0 bridgehead atoms. The van der Waals surface area contributed by atoms with E-state index in [1.165, 1.54) is 12.3 Å². The summed E-state index contributed by atoms with van der Waals surface area (Å²) < 4.78 is 19.5. The van der Waals surface area contributed by atoms with Gasteiger partial charge in [-0.05, 0) is 43.0 Å². The van der Waals surface area contributed by atoms with Crippen molar-refractivity contribution in [3.63, 3.8) is 0 Å². The lowest BCUT2D eigenvalue weighted by Crippen LogP contribution is -2.45. The minimum Gasteiger partial charge on any atom is -0.381 e. The SMILES string of the molecule is BC(Nc1cc(Cl)c2ncc(C#N)c(NC3CCOCC3(C)C)c2c1)(C1=CN(C2CC2)NN1)c1ccc(F)nc1. The number of pyridine rings is 2. The van der Waals surface area contributed by atoms with Crippen molar-refractivity contribution in [2.75, 3.05) is 23.8 Å². The zero-order valence-corrected chi connectivity index (χ0v) is 23.4. The normalized spacial score (nSPS) is 21.7. The molecular formula is C28H31BClFN8O. The number of hydrogen-bond donors (Lipinski definition) is 4. The fourth-order valence-corrected chi connectivity index (χ4v) is 5.70. The molecule has 1 aromatic carbocycles. The molecule has 3 aliphatic rings. The molecule has 206 valence electrons. The Kier molecular flexibility index (Phi) is 6.73. The van der Waals surface area contributed by atoms with Crippen LogP contribution in [0.4, 0.5) is 15.8 Å². The molecule has 4 heterocycles. The molecule has 9 nitrogen and oxygen atoms in total. The number of ether oxygens (including phenoxy) is 1. The summed E-state index contributed by atoms with van der Waals surface area (Å²) in [6.07, 6.45) is 8.18. The number of nitrogens with zero attached hydrogens (tertiary/aromatic N) is 4. The molecule has 3 aromatic rings. The minimum absolute atomic E-state index is 0.0947. The van der Waals surface area contributed by atoms with Crippen LogP contribution in [0.15, 0.2) is 48.6 Å². The molecule has 0 amide bonds. The standard InChI is InChI=1S/C28H31BClFN8O/c1-27(2)15-40-8-7-22(27)35-25-16(11-32)12-34-26-20(25)9-18(10-21(26)30)36-28(29,17-3-6-24(31)33-13-17)23-14-39(38-37-23)19-4-5-19/h3,6,9-10,12-14,19,22,36-38H,4-5,7-8,15,29H2,1-2H3,(H,34,35). The molecule has 2 aliphatic heterocycles. The highest BCUT2D eigenvalue weighted by Gasteiger charge is 2.39. The zero-order chi connectivity index (χ0) is 28.1. The molecule has 4 N–H and O–H groups in total. The van der Waals surface area contributed by atoms with Crippen molar-refractivity contribution in [3.8, 4) is 6.07 Å². The van der Waals surface area contributed by atoms with E-state index in [0.717, 1.165) is 35.9 Å². The number of aromatic nitrogens is 2. The zero-order valence-electron chi connectivity index (χ0n) is 22.7. The van der Waals surface area contributed by atoms with Crippen LogP contribution in [-0.4, -0.2) is 48.1 Å². The van der Waals surface area contributed by atoms with Gasteiger partial charge in [0.1, 0.15) is 13.9 Å². The van der Waals surface area contributed by atoms with Crippen molar-refractivity contribution in [3.05, 3.63) is 70.7 Å². The lowest BCUT2D eigenvalue weighted by atomic mass is 9.70. The summed E-state index contributed by atoms with van der Waals surface area (Å²) >= 11 is 6.81. The fourth-order valence-electron chi connectivity index (χ4n) is 5.43. The Bertz CT molecular complexity index is 1520. The number of halogens is 2. The molecule has 1 aliphatic carbocycles. The van der Waals surface area contributed by atoms with E-state index < -0.39 is 11.4 Å². The van der Waals surface area contributed by atoms with E-state index in [1.54, 1.807) is 12.3 Å². The van der Waals surface area contributed by atoms with E-state index >= 15 is 0 Å². The molecule has 2 fully saturated rings. The van der Waals surface area contributed by atoms with Crippen molar-refractivity contribution in [1.29, 1.82) is 5.26 Å². The van der Waals surface area contributed by atoms with Gasteiger partial charge in [0.25, 0.3) is 0 Å². The third-order valence-corrected chi connectivity index (χ3v) is 8.39. The smallest absolute Gasteiger partial charge is 0.212 e. The monoisotopic (exact) mass is 560 g/mol. The van der Waals surface area contributed by atoms with Crippen LogP contribution >= 0.6 is 11.6 Å². The second-order valence-corrected chi connectivity index (χ2v) is 12.0. The van der Waals surface area contributed by atoms with Gasteiger partial charge in [-0.3, -0.25) is 9.99 Å². The van der Waals surface area contributed by atoms with E-state index in [4.69, 9.17) is 16.3 Å². The first-order chi connectivity index (χ1) is 19.2. The van der Waals surface area contributed by atoms with Crippen LogP contribution in [0.2, 0.25) is 5.02 Å². The Hall–Kier alpha value is -3.59. The number of hydrogen-bond acceptors (Lipinski definition) is 9. The summed E-state index contributed by atoms with van der Waals surface area (Å²) in [7, 11) is 2.00. The first-order valence-corrected chi connectivity index (χ1v) is 13.8. The van der Waals surface area contributed by atoms with Crippen LogP contribution < -0.4 is 21.6 Å². The van der Waals surface area contributed by atoms with Gasteiger partial charge in [0.2, 0.25) is 5.95 Å².